The number of nitrogens with one attached hydrogen (secondary N) is 1. The van der Waals surface area contributed by atoms with Gasteiger partial charge in [-0.05, 0) is 12.1 Å². The van der Waals surface area contributed by atoms with Crippen LogP contribution in [-0.2, 0) is 10.7 Å². The molecule has 52 valence electrons. The van der Waals surface area contributed by atoms with Crippen molar-refractivity contribution < 1.29 is 8.42 Å². The first-order chi connectivity index (χ1) is 4.18. The van der Waals surface area contributed by atoms with Crippen molar-refractivity contribution in [3.8, 4) is 0 Å². The number of hydrogen-bond acceptors (Lipinski definition) is 3. The van der Waals surface area contributed by atoms with E-state index in [2.05, 4.69) is 10.1 Å². The molecule has 0 aromatic carbocycles. The van der Waals surface area contributed by atoms with Crippen LogP contribution in [0.15, 0.2) is 5.22 Å². The van der Waals surface area contributed by atoms with Gasteiger partial charge in [0.15, 0.2) is 16.1 Å². The van der Waals surface area contributed by atoms with Gasteiger partial charge in [0.25, 0.3) is 0 Å². The molecule has 0 saturated carbocycles. The number of azide groups is 1. The Balaban J connectivity index is 3.77. The van der Waals surface area contributed by atoms with Crippen LogP contribution >= 0.6 is 0 Å². The van der Waals surface area contributed by atoms with Gasteiger partial charge < -0.3 is 0 Å². The molecule has 0 fully saturated rings. The molecule has 1 atom stereocenters. The molecular weight excluding hydrogens is 144 g/mol. The van der Waals surface area contributed by atoms with Crippen molar-refractivity contribution in [3.63, 3.8) is 0 Å². The fourth-order valence-electron chi connectivity index (χ4n) is 0.157. The van der Waals surface area contributed by atoms with E-state index in [-0.39, 0.29) is 0 Å². The van der Waals surface area contributed by atoms with E-state index < -0.39 is 16.1 Å². The summed E-state index contributed by atoms with van der Waals surface area (Å²) in [6, 6.07) is 0. The number of rotatable bonds is 3. The molecule has 0 aromatic heterocycles. The first-order valence-electron chi connectivity index (χ1n) is 2.11. The Bertz CT molecular complexity index is 185. The third-order valence-electron chi connectivity index (χ3n) is 0.606. The van der Waals surface area contributed by atoms with Crippen LogP contribution in [0, 0.1) is 0 Å². The van der Waals surface area contributed by atoms with Gasteiger partial charge in [-0.2, -0.15) is 4.91 Å². The SMILES string of the molecule is CC(NN=[N+]=[N-])[SH](=O)=O. The van der Waals surface area contributed by atoms with Crippen molar-refractivity contribution in [3.05, 3.63) is 10.4 Å². The lowest BCUT2D eigenvalue weighted by atomic mass is 10.8. The van der Waals surface area contributed by atoms with Gasteiger partial charge >= 0.3 is 0 Å². The van der Waals surface area contributed by atoms with Crippen molar-refractivity contribution in [2.45, 2.75) is 12.3 Å². The van der Waals surface area contributed by atoms with E-state index >= 15 is 0 Å². The molecule has 0 aliphatic heterocycles. The fraction of sp³-hybridized carbons (Fsp3) is 1.00. The summed E-state index contributed by atoms with van der Waals surface area (Å²) in [4.78, 5) is 2.30. The largest absolute Gasteiger partial charge is 0.244 e. The van der Waals surface area contributed by atoms with E-state index in [1.54, 1.807) is 0 Å². The zero-order valence-electron chi connectivity index (χ0n) is 4.68. The first kappa shape index (κ1) is 8.06. The summed E-state index contributed by atoms with van der Waals surface area (Å²) in [5.41, 5.74) is 9.74. The smallest absolute Gasteiger partial charge is 0.191 e. The third kappa shape index (κ3) is 3.63. The van der Waals surface area contributed by atoms with Gasteiger partial charge in [-0.3, -0.25) is 0 Å². The molecule has 0 saturated heterocycles. The van der Waals surface area contributed by atoms with Crippen LogP contribution in [-0.4, -0.2) is 13.8 Å². The van der Waals surface area contributed by atoms with Crippen LogP contribution in [0.4, 0.5) is 0 Å². The monoisotopic (exact) mass is 150 g/mol. The molecule has 0 spiro atoms. The second-order valence-corrected chi connectivity index (χ2v) is 2.63. The van der Waals surface area contributed by atoms with E-state index in [0.29, 0.717) is 0 Å². The van der Waals surface area contributed by atoms with Crippen molar-refractivity contribution in [2.24, 2.45) is 5.22 Å². The summed E-state index contributed by atoms with van der Waals surface area (Å²) in [6.07, 6.45) is 0. The molecule has 0 heterocycles. The lowest BCUT2D eigenvalue weighted by Gasteiger charge is -1.93. The maximum atomic E-state index is 10.00. The van der Waals surface area contributed by atoms with Crippen LogP contribution in [0.1, 0.15) is 6.92 Å². The number of nitrogens with zero attached hydrogens (tertiary/aromatic N) is 3. The average Bonchev–Trinajstić information content (AvgIpc) is 1.82. The second kappa shape index (κ2) is 3.99. The second-order valence-electron chi connectivity index (χ2n) is 1.28. The van der Waals surface area contributed by atoms with Gasteiger partial charge in [0.05, 0.1) is 0 Å². The maximum Gasteiger partial charge on any atom is 0.191 e. The van der Waals surface area contributed by atoms with E-state index in [0.717, 1.165) is 0 Å². The summed E-state index contributed by atoms with van der Waals surface area (Å²) >= 11 is 0. The van der Waals surface area contributed by atoms with E-state index in [4.69, 9.17) is 5.53 Å². The maximum absolute atomic E-state index is 10.00. The number of hydrogen-bond donors (Lipinski definition) is 2. The molecule has 0 bridgehead atoms. The Hall–Kier alpha value is -0.940. The molecule has 0 aliphatic rings. The molecule has 9 heavy (non-hydrogen) atoms. The summed E-state index contributed by atoms with van der Waals surface area (Å²) in [5, 5.41) is 2.04. The standard InChI is InChI=1S/C2H6N4O2S/c1-2(9(7)8)4-6-5-3/h2,4,9H,1H3. The Morgan fingerprint density at radius 3 is 2.67 bits per heavy atom. The van der Waals surface area contributed by atoms with Gasteiger partial charge in [0.1, 0.15) is 0 Å². The zero-order valence-corrected chi connectivity index (χ0v) is 5.58. The predicted octanol–water partition coefficient (Wildman–Crippen LogP) is -0.241. The van der Waals surface area contributed by atoms with Gasteiger partial charge in [0.2, 0.25) is 0 Å². The summed E-state index contributed by atoms with van der Waals surface area (Å²) < 4.78 is 20.0. The minimum Gasteiger partial charge on any atom is -0.244 e. The molecule has 1 N–H and O–H groups in total. The lowest BCUT2D eigenvalue weighted by molar-refractivity contribution is 0.584. The van der Waals surface area contributed by atoms with Crippen LogP contribution < -0.4 is 5.43 Å². The van der Waals surface area contributed by atoms with Crippen molar-refractivity contribution in [2.75, 3.05) is 0 Å². The lowest BCUT2D eigenvalue weighted by Crippen LogP contribution is -2.20. The summed E-state index contributed by atoms with van der Waals surface area (Å²) in [7, 11) is -2.55. The summed E-state index contributed by atoms with van der Waals surface area (Å²) in [5.74, 6) is 0. The molecule has 0 amide bonds. The normalized spacial score (nSPS) is 12.2. The first-order valence-corrected chi connectivity index (χ1v) is 3.36. The molecular formula is C2H6N4O2S. The highest BCUT2D eigenvalue weighted by Gasteiger charge is 2.01. The van der Waals surface area contributed by atoms with Gasteiger partial charge in [-0.15, -0.1) is 5.53 Å². The topological polar surface area (TPSA) is 94.9 Å². The van der Waals surface area contributed by atoms with Crippen LogP contribution in [0.25, 0.3) is 10.4 Å². The molecule has 0 radical (unpaired) electrons. The van der Waals surface area contributed by atoms with Crippen molar-refractivity contribution >= 4 is 10.7 Å². The quantitative estimate of drug-likeness (QED) is 0.191. The van der Waals surface area contributed by atoms with Crippen LogP contribution in [0.3, 0.4) is 0 Å². The van der Waals surface area contributed by atoms with Crippen molar-refractivity contribution in [1.29, 1.82) is 0 Å². The molecule has 0 aromatic rings. The molecule has 6 nitrogen and oxygen atoms in total. The minimum absolute atomic E-state index is 0.795. The van der Waals surface area contributed by atoms with Crippen LogP contribution in [0.2, 0.25) is 0 Å². The predicted molar refractivity (Wildman–Crippen MR) is 32.1 cm³/mol. The van der Waals surface area contributed by atoms with E-state index in [1.165, 1.54) is 6.92 Å². The Morgan fingerprint density at radius 1 is 1.78 bits per heavy atom. The Morgan fingerprint density at radius 2 is 2.33 bits per heavy atom. The zero-order chi connectivity index (χ0) is 7.28. The van der Waals surface area contributed by atoms with E-state index in [9.17, 15) is 8.42 Å². The highest BCUT2D eigenvalue weighted by atomic mass is 32.2. The fourth-order valence-corrected chi connectivity index (χ4v) is 0.302. The van der Waals surface area contributed by atoms with Crippen molar-refractivity contribution in [1.82, 2.24) is 5.43 Å². The molecule has 0 aliphatic carbocycles. The molecule has 0 rings (SSSR count). The molecule has 7 heteroatoms. The van der Waals surface area contributed by atoms with Gasteiger partial charge in [-0.1, -0.05) is 0 Å². The third-order valence-corrected chi connectivity index (χ3v) is 1.35. The minimum atomic E-state index is -2.55. The van der Waals surface area contributed by atoms with Gasteiger partial charge in [-0.25, -0.2) is 13.8 Å². The Labute approximate surface area is 53.4 Å². The Kier molecular flexibility index (Phi) is 3.57. The molecule has 1 unspecified atom stereocenters. The van der Waals surface area contributed by atoms with Crippen LogP contribution in [0.5, 0.6) is 0 Å². The number of thiol groups is 1. The summed E-state index contributed by atoms with van der Waals surface area (Å²) in [6.45, 7) is 1.38. The van der Waals surface area contributed by atoms with E-state index in [1.807, 2.05) is 5.43 Å². The highest BCUT2D eigenvalue weighted by molar-refractivity contribution is 7.73. The average molecular weight is 150 g/mol. The van der Waals surface area contributed by atoms with Gasteiger partial charge in [0, 0.05) is 0 Å². The highest BCUT2D eigenvalue weighted by Crippen LogP contribution is 1.79.